The summed E-state index contributed by atoms with van der Waals surface area (Å²) in [6.07, 6.45) is 1.17. The van der Waals surface area contributed by atoms with E-state index in [9.17, 15) is 9.59 Å². The molecule has 1 aliphatic carbocycles. The predicted octanol–water partition coefficient (Wildman–Crippen LogP) is 2.88. The summed E-state index contributed by atoms with van der Waals surface area (Å²) in [5.41, 5.74) is 1.08. The number of benzene rings is 2. The molecule has 2 aromatic rings. The third-order valence-corrected chi connectivity index (χ3v) is 4.09. The minimum Gasteiger partial charge on any atom is -0.493 e. The molecule has 0 unspecified atom stereocenters. The topological polar surface area (TPSA) is 73.9 Å². The molecule has 2 aromatic carbocycles. The van der Waals surface area contributed by atoms with Crippen molar-refractivity contribution in [3.8, 4) is 11.5 Å². The highest BCUT2D eigenvalue weighted by molar-refractivity contribution is 5.90. The van der Waals surface area contributed by atoms with Gasteiger partial charge in [0.2, 0.25) is 6.10 Å². The molecule has 3 rings (SSSR count). The van der Waals surface area contributed by atoms with E-state index in [1.165, 1.54) is 20.3 Å². The van der Waals surface area contributed by atoms with Crippen LogP contribution in [0.25, 0.3) is 0 Å². The molecular weight excluding hydrogens is 334 g/mol. The standard InChI is InChI=1S/C20H21NO5/c1-24-17-12-14(20(23)25-2)8-11-16(17)26-18(13-6-4-3-5-7-13)19(22)21-15-9-10-15/h3-8,11-12,15,18H,9-10H2,1-2H3,(H,21,22)/t18-/m0/s1. The summed E-state index contributed by atoms with van der Waals surface area (Å²) in [7, 11) is 2.79. The number of ether oxygens (including phenoxy) is 3. The molecular formula is C20H21NO5. The Hall–Kier alpha value is -3.02. The fraction of sp³-hybridized carbons (Fsp3) is 0.300. The van der Waals surface area contributed by atoms with E-state index in [1.807, 2.05) is 30.3 Å². The number of methoxy groups -OCH3 is 2. The average molecular weight is 355 g/mol. The molecule has 0 spiro atoms. The molecule has 1 amide bonds. The maximum atomic E-state index is 12.7. The van der Waals surface area contributed by atoms with Crippen LogP contribution in [0.3, 0.4) is 0 Å². The van der Waals surface area contributed by atoms with Gasteiger partial charge in [0, 0.05) is 11.6 Å². The Labute approximate surface area is 152 Å². The van der Waals surface area contributed by atoms with Gasteiger partial charge in [0.05, 0.1) is 19.8 Å². The maximum absolute atomic E-state index is 12.7. The zero-order chi connectivity index (χ0) is 18.5. The number of carbonyl (C=O) groups is 2. The summed E-state index contributed by atoms with van der Waals surface area (Å²) in [5, 5.41) is 2.97. The van der Waals surface area contributed by atoms with Gasteiger partial charge >= 0.3 is 5.97 Å². The normalized spacial score (nSPS) is 14.2. The van der Waals surface area contributed by atoms with Crippen molar-refractivity contribution in [3.63, 3.8) is 0 Å². The quantitative estimate of drug-likeness (QED) is 0.773. The molecule has 6 heteroatoms. The first-order chi connectivity index (χ1) is 12.6. The monoisotopic (exact) mass is 355 g/mol. The van der Waals surface area contributed by atoms with Crippen molar-refractivity contribution in [2.75, 3.05) is 14.2 Å². The fourth-order valence-electron chi connectivity index (χ4n) is 2.54. The van der Waals surface area contributed by atoms with Crippen LogP contribution in [0, 0.1) is 0 Å². The summed E-state index contributed by atoms with van der Waals surface area (Å²) in [6.45, 7) is 0. The average Bonchev–Trinajstić information content (AvgIpc) is 3.49. The van der Waals surface area contributed by atoms with Gasteiger partial charge in [0.1, 0.15) is 0 Å². The van der Waals surface area contributed by atoms with Gasteiger partial charge in [0.15, 0.2) is 11.5 Å². The number of hydrogen-bond donors (Lipinski definition) is 1. The van der Waals surface area contributed by atoms with Gasteiger partial charge in [-0.2, -0.15) is 0 Å². The predicted molar refractivity (Wildman–Crippen MR) is 95.3 cm³/mol. The molecule has 136 valence electrons. The molecule has 0 aliphatic heterocycles. The number of carbonyl (C=O) groups excluding carboxylic acids is 2. The first-order valence-electron chi connectivity index (χ1n) is 8.40. The van der Waals surface area contributed by atoms with E-state index >= 15 is 0 Å². The second-order valence-corrected chi connectivity index (χ2v) is 6.05. The fourth-order valence-corrected chi connectivity index (χ4v) is 2.54. The van der Waals surface area contributed by atoms with Crippen LogP contribution in [-0.2, 0) is 9.53 Å². The summed E-state index contributed by atoms with van der Waals surface area (Å²) in [6, 6.07) is 14.2. The third kappa shape index (κ3) is 4.14. The Balaban J connectivity index is 1.88. The molecule has 1 fully saturated rings. The van der Waals surface area contributed by atoms with Crippen molar-refractivity contribution >= 4 is 11.9 Å². The second-order valence-electron chi connectivity index (χ2n) is 6.05. The summed E-state index contributed by atoms with van der Waals surface area (Å²) in [4.78, 5) is 24.4. The van der Waals surface area contributed by atoms with Gasteiger partial charge in [-0.05, 0) is 31.0 Å². The smallest absolute Gasteiger partial charge is 0.337 e. The van der Waals surface area contributed by atoms with E-state index < -0.39 is 12.1 Å². The van der Waals surface area contributed by atoms with Gasteiger partial charge in [0.25, 0.3) is 5.91 Å². The summed E-state index contributed by atoms with van der Waals surface area (Å²) < 4.78 is 16.0. The van der Waals surface area contributed by atoms with E-state index in [2.05, 4.69) is 5.32 Å². The number of esters is 1. The van der Waals surface area contributed by atoms with Gasteiger partial charge in [-0.25, -0.2) is 4.79 Å². The zero-order valence-corrected chi connectivity index (χ0v) is 14.7. The maximum Gasteiger partial charge on any atom is 0.337 e. The van der Waals surface area contributed by atoms with Crippen molar-refractivity contribution in [2.24, 2.45) is 0 Å². The highest BCUT2D eigenvalue weighted by Crippen LogP contribution is 2.33. The number of rotatable bonds is 7. The molecule has 0 aromatic heterocycles. The first kappa shape index (κ1) is 17.8. The van der Waals surface area contributed by atoms with Gasteiger partial charge in [-0.1, -0.05) is 30.3 Å². The molecule has 0 saturated heterocycles. The number of nitrogens with one attached hydrogen (secondary N) is 1. The van der Waals surface area contributed by atoms with Gasteiger partial charge < -0.3 is 19.5 Å². The number of hydrogen-bond acceptors (Lipinski definition) is 5. The van der Waals surface area contributed by atoms with E-state index in [0.717, 1.165) is 18.4 Å². The summed E-state index contributed by atoms with van der Waals surface area (Å²) in [5.74, 6) is 0.0618. The van der Waals surface area contributed by atoms with Crippen molar-refractivity contribution in [2.45, 2.75) is 25.0 Å². The van der Waals surface area contributed by atoms with Crippen LogP contribution in [-0.4, -0.2) is 32.1 Å². The van der Waals surface area contributed by atoms with Crippen LogP contribution in [0.5, 0.6) is 11.5 Å². The molecule has 1 aliphatic rings. The van der Waals surface area contributed by atoms with Crippen LogP contribution in [0.15, 0.2) is 48.5 Å². The minimum absolute atomic E-state index is 0.196. The minimum atomic E-state index is -0.810. The largest absolute Gasteiger partial charge is 0.493 e. The molecule has 0 radical (unpaired) electrons. The molecule has 1 atom stereocenters. The summed E-state index contributed by atoms with van der Waals surface area (Å²) >= 11 is 0. The highest BCUT2D eigenvalue weighted by Gasteiger charge is 2.30. The lowest BCUT2D eigenvalue weighted by molar-refractivity contribution is -0.128. The van der Waals surface area contributed by atoms with E-state index in [1.54, 1.807) is 12.1 Å². The van der Waals surface area contributed by atoms with Crippen LogP contribution in [0.2, 0.25) is 0 Å². The van der Waals surface area contributed by atoms with Crippen molar-refractivity contribution in [1.82, 2.24) is 5.32 Å². The third-order valence-electron chi connectivity index (χ3n) is 4.09. The Morgan fingerprint density at radius 2 is 1.77 bits per heavy atom. The van der Waals surface area contributed by atoms with Crippen LogP contribution in [0.4, 0.5) is 0 Å². The highest BCUT2D eigenvalue weighted by atomic mass is 16.5. The molecule has 26 heavy (non-hydrogen) atoms. The Bertz CT molecular complexity index is 786. The Morgan fingerprint density at radius 1 is 1.04 bits per heavy atom. The van der Waals surface area contributed by atoms with Gasteiger partial charge in [-0.15, -0.1) is 0 Å². The molecule has 1 N–H and O–H groups in total. The van der Waals surface area contributed by atoms with Crippen molar-refractivity contribution in [1.29, 1.82) is 0 Å². The lowest BCUT2D eigenvalue weighted by Crippen LogP contribution is -2.33. The lowest BCUT2D eigenvalue weighted by atomic mass is 10.1. The second kappa shape index (κ2) is 7.91. The van der Waals surface area contributed by atoms with E-state index in [0.29, 0.717) is 17.1 Å². The van der Waals surface area contributed by atoms with E-state index in [-0.39, 0.29) is 11.9 Å². The number of amides is 1. The van der Waals surface area contributed by atoms with Crippen molar-refractivity contribution in [3.05, 3.63) is 59.7 Å². The zero-order valence-electron chi connectivity index (χ0n) is 14.7. The van der Waals surface area contributed by atoms with Crippen LogP contribution >= 0.6 is 0 Å². The Kier molecular flexibility index (Phi) is 5.41. The SMILES string of the molecule is COC(=O)c1ccc(O[C@H](C(=O)NC2CC2)c2ccccc2)c(OC)c1. The molecule has 0 bridgehead atoms. The van der Waals surface area contributed by atoms with Crippen molar-refractivity contribution < 1.29 is 23.8 Å². The molecule has 6 nitrogen and oxygen atoms in total. The lowest BCUT2D eigenvalue weighted by Gasteiger charge is -2.20. The molecule has 1 saturated carbocycles. The molecule has 0 heterocycles. The Morgan fingerprint density at radius 3 is 2.38 bits per heavy atom. The van der Waals surface area contributed by atoms with Crippen LogP contribution < -0.4 is 14.8 Å². The van der Waals surface area contributed by atoms with Gasteiger partial charge in [-0.3, -0.25) is 4.79 Å². The van der Waals surface area contributed by atoms with E-state index in [4.69, 9.17) is 14.2 Å². The van der Waals surface area contributed by atoms with Crippen LogP contribution in [0.1, 0.15) is 34.9 Å². The first-order valence-corrected chi connectivity index (χ1v) is 8.40.